The average molecular weight is 374 g/mol. The smallest absolute Gasteiger partial charge is 0.337 e. The van der Waals surface area contributed by atoms with Gasteiger partial charge in [0.2, 0.25) is 0 Å². The highest BCUT2D eigenvalue weighted by Gasteiger charge is 2.20. The average Bonchev–Trinajstić information content (AvgIpc) is 2.68. The molecule has 1 saturated heterocycles. The number of esters is 1. The van der Waals surface area contributed by atoms with Gasteiger partial charge in [-0.25, -0.2) is 4.79 Å². The van der Waals surface area contributed by atoms with Crippen LogP contribution in [-0.4, -0.2) is 37.7 Å². The van der Waals surface area contributed by atoms with Crippen LogP contribution in [0.2, 0.25) is 5.02 Å². The molecule has 138 valence electrons. The van der Waals surface area contributed by atoms with Crippen molar-refractivity contribution in [3.8, 4) is 5.75 Å². The van der Waals surface area contributed by atoms with E-state index in [-0.39, 0.29) is 5.97 Å². The first-order valence-electron chi connectivity index (χ1n) is 8.92. The second-order valence-corrected chi connectivity index (χ2v) is 7.13. The highest BCUT2D eigenvalue weighted by atomic mass is 35.5. The van der Waals surface area contributed by atoms with Crippen LogP contribution in [0, 0.1) is 5.92 Å². The lowest BCUT2D eigenvalue weighted by Crippen LogP contribution is -2.37. The molecule has 1 fully saturated rings. The van der Waals surface area contributed by atoms with Crippen LogP contribution in [0.4, 0.5) is 0 Å². The van der Waals surface area contributed by atoms with E-state index < -0.39 is 0 Å². The van der Waals surface area contributed by atoms with Crippen LogP contribution in [0.3, 0.4) is 0 Å². The molecule has 26 heavy (non-hydrogen) atoms. The number of carbonyl (C=O) groups excluding carboxylic acids is 1. The molecule has 0 spiro atoms. The molecule has 0 radical (unpaired) electrons. The molecule has 2 aromatic carbocycles. The first-order chi connectivity index (χ1) is 12.6. The summed E-state index contributed by atoms with van der Waals surface area (Å²) < 4.78 is 10.6. The van der Waals surface area contributed by atoms with Gasteiger partial charge in [-0.05, 0) is 61.3 Å². The molecule has 0 N–H and O–H groups in total. The van der Waals surface area contributed by atoms with Crippen molar-refractivity contribution in [1.29, 1.82) is 0 Å². The summed E-state index contributed by atoms with van der Waals surface area (Å²) in [4.78, 5) is 13.9. The molecule has 0 aromatic heterocycles. The fourth-order valence-electron chi connectivity index (χ4n) is 3.30. The largest absolute Gasteiger partial charge is 0.493 e. The van der Waals surface area contributed by atoms with Gasteiger partial charge in [0.25, 0.3) is 0 Å². The third-order valence-electron chi connectivity index (χ3n) is 4.68. The number of hydrogen-bond donors (Lipinski definition) is 0. The number of rotatable bonds is 6. The number of piperidine rings is 1. The van der Waals surface area contributed by atoms with Gasteiger partial charge in [0.1, 0.15) is 5.75 Å². The van der Waals surface area contributed by atoms with Crippen LogP contribution in [0.15, 0.2) is 48.5 Å². The maximum Gasteiger partial charge on any atom is 0.337 e. The lowest BCUT2D eigenvalue weighted by atomic mass is 9.98. The van der Waals surface area contributed by atoms with Crippen molar-refractivity contribution < 1.29 is 14.3 Å². The monoisotopic (exact) mass is 373 g/mol. The summed E-state index contributed by atoms with van der Waals surface area (Å²) in [5, 5.41) is 0.775. The van der Waals surface area contributed by atoms with Crippen LogP contribution < -0.4 is 4.74 Å². The topological polar surface area (TPSA) is 38.8 Å². The fourth-order valence-corrected chi connectivity index (χ4v) is 3.42. The molecule has 1 aliphatic heterocycles. The Balaban J connectivity index is 1.49. The van der Waals surface area contributed by atoms with Crippen molar-refractivity contribution in [3.05, 3.63) is 64.7 Å². The van der Waals surface area contributed by atoms with Gasteiger partial charge in [-0.2, -0.15) is 0 Å². The molecule has 1 heterocycles. The molecular weight excluding hydrogens is 350 g/mol. The molecule has 3 rings (SSSR count). The molecule has 1 unspecified atom stereocenters. The Hall–Kier alpha value is -2.04. The number of likely N-dealkylation sites (tertiary alicyclic amines) is 1. The molecule has 0 amide bonds. The third kappa shape index (κ3) is 5.23. The zero-order chi connectivity index (χ0) is 18.4. The summed E-state index contributed by atoms with van der Waals surface area (Å²) in [6.07, 6.45) is 2.36. The van der Waals surface area contributed by atoms with Gasteiger partial charge >= 0.3 is 5.97 Å². The van der Waals surface area contributed by atoms with Gasteiger partial charge in [0, 0.05) is 24.0 Å². The molecule has 1 aliphatic rings. The van der Waals surface area contributed by atoms with E-state index in [9.17, 15) is 4.79 Å². The Morgan fingerprint density at radius 2 is 1.88 bits per heavy atom. The number of benzene rings is 2. The number of nitrogens with zero attached hydrogens (tertiary/aromatic N) is 1. The second-order valence-electron chi connectivity index (χ2n) is 6.70. The predicted molar refractivity (Wildman–Crippen MR) is 103 cm³/mol. The Bertz CT molecular complexity index is 715. The van der Waals surface area contributed by atoms with Gasteiger partial charge in [-0.3, -0.25) is 4.90 Å². The van der Waals surface area contributed by atoms with E-state index in [0.717, 1.165) is 30.4 Å². The molecular formula is C21H24ClNO3. The maximum absolute atomic E-state index is 11.5. The van der Waals surface area contributed by atoms with Gasteiger partial charge in [0.05, 0.1) is 19.3 Å². The maximum atomic E-state index is 11.5. The highest BCUT2D eigenvalue weighted by molar-refractivity contribution is 6.30. The molecule has 0 aliphatic carbocycles. The van der Waals surface area contributed by atoms with E-state index in [1.807, 2.05) is 24.3 Å². The summed E-state index contributed by atoms with van der Waals surface area (Å²) in [5.41, 5.74) is 1.82. The van der Waals surface area contributed by atoms with E-state index in [0.29, 0.717) is 18.1 Å². The molecule has 0 bridgehead atoms. The number of halogens is 1. The minimum atomic E-state index is -0.332. The van der Waals surface area contributed by atoms with Crippen molar-refractivity contribution in [2.45, 2.75) is 19.4 Å². The summed E-state index contributed by atoms with van der Waals surface area (Å²) in [5.74, 6) is 0.963. The number of methoxy groups -OCH3 is 1. The first kappa shape index (κ1) is 18.7. The second kappa shape index (κ2) is 9.06. The van der Waals surface area contributed by atoms with Crippen LogP contribution in [0.5, 0.6) is 5.75 Å². The standard InChI is InChI=1S/C21H24ClNO3/c1-25-21(24)18-6-10-20(11-7-18)26-15-17-3-2-12-23(14-17)13-16-4-8-19(22)9-5-16/h4-11,17H,2-3,12-15H2,1H3. The van der Waals surface area contributed by atoms with E-state index >= 15 is 0 Å². The summed E-state index contributed by atoms with van der Waals surface area (Å²) >= 11 is 5.96. The lowest BCUT2D eigenvalue weighted by Gasteiger charge is -2.32. The molecule has 2 aromatic rings. The summed E-state index contributed by atoms with van der Waals surface area (Å²) in [6, 6.07) is 15.2. The molecule has 0 saturated carbocycles. The van der Waals surface area contributed by atoms with Crippen LogP contribution in [0.25, 0.3) is 0 Å². The minimum absolute atomic E-state index is 0.332. The van der Waals surface area contributed by atoms with Crippen molar-refractivity contribution in [2.24, 2.45) is 5.92 Å². The fraction of sp³-hybridized carbons (Fsp3) is 0.381. The van der Waals surface area contributed by atoms with Gasteiger partial charge < -0.3 is 9.47 Å². The molecule has 5 heteroatoms. The van der Waals surface area contributed by atoms with Crippen molar-refractivity contribution in [3.63, 3.8) is 0 Å². The predicted octanol–water partition coefficient (Wildman–Crippen LogP) is 4.42. The van der Waals surface area contributed by atoms with Crippen molar-refractivity contribution in [1.82, 2.24) is 4.90 Å². The van der Waals surface area contributed by atoms with Gasteiger partial charge in [0.15, 0.2) is 0 Å². The number of hydrogen-bond acceptors (Lipinski definition) is 4. The van der Waals surface area contributed by atoms with Crippen LogP contribution >= 0.6 is 11.6 Å². The van der Waals surface area contributed by atoms with Crippen LogP contribution in [0.1, 0.15) is 28.8 Å². The minimum Gasteiger partial charge on any atom is -0.493 e. The third-order valence-corrected chi connectivity index (χ3v) is 4.94. The van der Waals surface area contributed by atoms with Gasteiger partial charge in [-0.15, -0.1) is 0 Å². The van der Waals surface area contributed by atoms with Crippen molar-refractivity contribution in [2.75, 3.05) is 26.8 Å². The Morgan fingerprint density at radius 3 is 2.58 bits per heavy atom. The Labute approximate surface area is 159 Å². The molecule has 4 nitrogen and oxygen atoms in total. The number of ether oxygens (including phenoxy) is 2. The SMILES string of the molecule is COC(=O)c1ccc(OCC2CCCN(Cc3ccc(Cl)cc3)C2)cc1. The highest BCUT2D eigenvalue weighted by Crippen LogP contribution is 2.21. The lowest BCUT2D eigenvalue weighted by molar-refractivity contribution is 0.0600. The van der Waals surface area contributed by atoms with E-state index in [1.165, 1.54) is 25.5 Å². The van der Waals surface area contributed by atoms with Crippen molar-refractivity contribution >= 4 is 17.6 Å². The van der Waals surface area contributed by atoms with Crippen LogP contribution in [-0.2, 0) is 11.3 Å². The zero-order valence-electron chi connectivity index (χ0n) is 15.0. The Kier molecular flexibility index (Phi) is 6.53. The van der Waals surface area contributed by atoms with E-state index in [2.05, 4.69) is 17.0 Å². The normalized spacial score (nSPS) is 17.7. The van der Waals surface area contributed by atoms with Gasteiger partial charge in [-0.1, -0.05) is 23.7 Å². The molecule has 1 atom stereocenters. The Morgan fingerprint density at radius 1 is 1.15 bits per heavy atom. The van der Waals surface area contributed by atoms with E-state index in [4.69, 9.17) is 21.1 Å². The van der Waals surface area contributed by atoms with E-state index in [1.54, 1.807) is 12.1 Å². The summed E-state index contributed by atoms with van der Waals surface area (Å²) in [6.45, 7) is 3.78. The summed E-state index contributed by atoms with van der Waals surface area (Å²) in [7, 11) is 1.38. The number of carbonyl (C=O) groups is 1. The first-order valence-corrected chi connectivity index (χ1v) is 9.30. The quantitative estimate of drug-likeness (QED) is 0.703. The zero-order valence-corrected chi connectivity index (χ0v) is 15.7.